The lowest BCUT2D eigenvalue weighted by Gasteiger charge is -2.37. The molecular formula is C16H23N3O. The zero-order valence-corrected chi connectivity index (χ0v) is 12.4. The molecule has 2 aliphatic heterocycles. The number of piperazine rings is 1. The van der Waals surface area contributed by atoms with E-state index in [-0.39, 0.29) is 12.1 Å². The fourth-order valence-corrected chi connectivity index (χ4v) is 3.26. The van der Waals surface area contributed by atoms with Crippen LogP contribution < -0.4 is 4.90 Å². The number of para-hydroxylation sites is 1. The van der Waals surface area contributed by atoms with Gasteiger partial charge in [0.15, 0.2) is 0 Å². The number of amides is 2. The third-order valence-corrected chi connectivity index (χ3v) is 4.50. The van der Waals surface area contributed by atoms with Gasteiger partial charge in [-0.3, -0.25) is 4.90 Å². The average Bonchev–Trinajstić information content (AvgIpc) is 2.82. The summed E-state index contributed by atoms with van der Waals surface area (Å²) in [5, 5.41) is 0. The number of carbonyl (C=O) groups is 1. The van der Waals surface area contributed by atoms with Crippen LogP contribution in [-0.2, 0) is 6.42 Å². The van der Waals surface area contributed by atoms with Crippen LogP contribution in [0.25, 0.3) is 0 Å². The first-order chi connectivity index (χ1) is 9.70. The third kappa shape index (κ3) is 2.29. The molecule has 1 saturated heterocycles. The quantitative estimate of drug-likeness (QED) is 0.784. The van der Waals surface area contributed by atoms with E-state index in [2.05, 4.69) is 36.9 Å². The van der Waals surface area contributed by atoms with Crippen LogP contribution in [0.5, 0.6) is 0 Å². The summed E-state index contributed by atoms with van der Waals surface area (Å²) in [7, 11) is 0. The predicted molar refractivity (Wildman–Crippen MR) is 81.2 cm³/mol. The second kappa shape index (κ2) is 5.44. The Hall–Kier alpha value is -1.55. The zero-order valence-electron chi connectivity index (χ0n) is 12.4. The maximum atomic E-state index is 12.8. The zero-order chi connectivity index (χ0) is 14.1. The second-order valence-corrected chi connectivity index (χ2v) is 5.76. The number of likely N-dealkylation sites (N-methyl/N-ethyl adjacent to an activating group) is 1. The van der Waals surface area contributed by atoms with Gasteiger partial charge in [0.2, 0.25) is 0 Å². The second-order valence-electron chi connectivity index (χ2n) is 5.76. The monoisotopic (exact) mass is 273 g/mol. The van der Waals surface area contributed by atoms with Crippen molar-refractivity contribution in [2.24, 2.45) is 0 Å². The Morgan fingerprint density at radius 3 is 2.60 bits per heavy atom. The molecule has 0 aliphatic carbocycles. The van der Waals surface area contributed by atoms with E-state index < -0.39 is 0 Å². The molecule has 0 saturated carbocycles. The highest BCUT2D eigenvalue weighted by molar-refractivity contribution is 5.95. The molecule has 1 aromatic carbocycles. The number of rotatable bonds is 1. The standard InChI is InChI=1S/C16H23N3O/c1-3-17-8-10-18(11-9-17)16(20)19-13(2)12-14-6-4-5-7-15(14)19/h4-7,13H,3,8-12H2,1-2H3. The molecule has 1 atom stereocenters. The van der Waals surface area contributed by atoms with Crippen molar-refractivity contribution in [2.45, 2.75) is 26.3 Å². The van der Waals surface area contributed by atoms with Crippen molar-refractivity contribution in [1.29, 1.82) is 0 Å². The van der Waals surface area contributed by atoms with Crippen molar-refractivity contribution in [3.8, 4) is 0 Å². The van der Waals surface area contributed by atoms with Gasteiger partial charge in [-0.05, 0) is 31.5 Å². The molecule has 0 aromatic heterocycles. The number of nitrogens with zero attached hydrogens (tertiary/aromatic N) is 3. The van der Waals surface area contributed by atoms with E-state index in [4.69, 9.17) is 0 Å². The summed E-state index contributed by atoms with van der Waals surface area (Å²) in [5.74, 6) is 0. The van der Waals surface area contributed by atoms with Crippen LogP contribution in [0.15, 0.2) is 24.3 Å². The molecule has 1 fully saturated rings. The van der Waals surface area contributed by atoms with Crippen molar-refractivity contribution >= 4 is 11.7 Å². The molecular weight excluding hydrogens is 250 g/mol. The van der Waals surface area contributed by atoms with E-state index in [1.807, 2.05) is 15.9 Å². The summed E-state index contributed by atoms with van der Waals surface area (Å²) in [4.78, 5) is 19.2. The lowest BCUT2D eigenvalue weighted by atomic mass is 10.1. The minimum atomic E-state index is 0.179. The van der Waals surface area contributed by atoms with E-state index >= 15 is 0 Å². The Kier molecular flexibility index (Phi) is 3.66. The fraction of sp³-hybridized carbons (Fsp3) is 0.562. The molecule has 0 N–H and O–H groups in total. The summed E-state index contributed by atoms with van der Waals surface area (Å²) in [6.07, 6.45) is 0.969. The molecule has 1 unspecified atom stereocenters. The Labute approximate surface area is 121 Å². The molecule has 20 heavy (non-hydrogen) atoms. The number of fused-ring (bicyclic) bond motifs is 1. The topological polar surface area (TPSA) is 26.8 Å². The molecule has 2 heterocycles. The Morgan fingerprint density at radius 2 is 1.90 bits per heavy atom. The summed E-state index contributed by atoms with van der Waals surface area (Å²) in [6.45, 7) is 9.07. The Morgan fingerprint density at radius 1 is 1.20 bits per heavy atom. The maximum Gasteiger partial charge on any atom is 0.324 e. The lowest BCUT2D eigenvalue weighted by Crippen LogP contribution is -2.53. The highest BCUT2D eigenvalue weighted by atomic mass is 16.2. The van der Waals surface area contributed by atoms with Crippen LogP contribution in [0.4, 0.5) is 10.5 Å². The first-order valence-electron chi connectivity index (χ1n) is 7.59. The highest BCUT2D eigenvalue weighted by Crippen LogP contribution is 2.32. The average molecular weight is 273 g/mol. The van der Waals surface area contributed by atoms with Crippen LogP contribution in [0.2, 0.25) is 0 Å². The van der Waals surface area contributed by atoms with Crippen molar-refractivity contribution in [3.05, 3.63) is 29.8 Å². The molecule has 4 heteroatoms. The summed E-state index contributed by atoms with van der Waals surface area (Å²) in [5.41, 5.74) is 2.39. The smallest absolute Gasteiger partial charge is 0.322 e. The first kappa shape index (κ1) is 13.4. The molecule has 3 rings (SSSR count). The van der Waals surface area contributed by atoms with Crippen LogP contribution in [0, 0.1) is 0 Å². The van der Waals surface area contributed by atoms with Crippen LogP contribution >= 0.6 is 0 Å². The molecule has 0 radical (unpaired) electrons. The molecule has 4 nitrogen and oxygen atoms in total. The van der Waals surface area contributed by atoms with Gasteiger partial charge in [-0.2, -0.15) is 0 Å². The largest absolute Gasteiger partial charge is 0.324 e. The van der Waals surface area contributed by atoms with E-state index in [0.29, 0.717) is 0 Å². The van der Waals surface area contributed by atoms with E-state index in [0.717, 1.165) is 44.8 Å². The molecule has 108 valence electrons. The normalized spacial score (nSPS) is 23.0. The Balaban J connectivity index is 1.75. The number of benzene rings is 1. The van der Waals surface area contributed by atoms with E-state index in [1.54, 1.807) is 0 Å². The molecule has 1 aromatic rings. The summed E-state index contributed by atoms with van der Waals surface area (Å²) in [6, 6.07) is 8.72. The van der Waals surface area contributed by atoms with Gasteiger partial charge in [0.1, 0.15) is 0 Å². The van der Waals surface area contributed by atoms with Gasteiger partial charge in [-0.25, -0.2) is 4.79 Å². The lowest BCUT2D eigenvalue weighted by molar-refractivity contribution is 0.146. The number of hydrogen-bond acceptors (Lipinski definition) is 2. The number of urea groups is 1. The van der Waals surface area contributed by atoms with Crippen molar-refractivity contribution < 1.29 is 4.79 Å². The van der Waals surface area contributed by atoms with Crippen LogP contribution in [0.3, 0.4) is 0 Å². The Bertz CT molecular complexity index is 494. The third-order valence-electron chi connectivity index (χ3n) is 4.50. The van der Waals surface area contributed by atoms with Gasteiger partial charge in [0.05, 0.1) is 0 Å². The SMILES string of the molecule is CCN1CCN(C(=O)N2c3ccccc3CC2C)CC1. The predicted octanol–water partition coefficient (Wildman–Crippen LogP) is 2.20. The number of carbonyl (C=O) groups excluding carboxylic acids is 1. The van der Waals surface area contributed by atoms with Crippen molar-refractivity contribution in [2.75, 3.05) is 37.6 Å². The maximum absolute atomic E-state index is 12.8. The molecule has 2 aliphatic rings. The molecule has 0 spiro atoms. The fourth-order valence-electron chi connectivity index (χ4n) is 3.26. The van der Waals surface area contributed by atoms with Gasteiger partial charge in [-0.1, -0.05) is 25.1 Å². The van der Waals surface area contributed by atoms with Crippen LogP contribution in [0.1, 0.15) is 19.4 Å². The van der Waals surface area contributed by atoms with Crippen molar-refractivity contribution in [3.63, 3.8) is 0 Å². The van der Waals surface area contributed by atoms with Gasteiger partial charge in [0, 0.05) is 37.9 Å². The number of hydrogen-bond donors (Lipinski definition) is 0. The van der Waals surface area contributed by atoms with Gasteiger partial charge < -0.3 is 9.80 Å². The molecule has 0 bridgehead atoms. The minimum absolute atomic E-state index is 0.179. The van der Waals surface area contributed by atoms with Crippen molar-refractivity contribution in [1.82, 2.24) is 9.80 Å². The number of anilines is 1. The van der Waals surface area contributed by atoms with Gasteiger partial charge in [0.25, 0.3) is 0 Å². The van der Waals surface area contributed by atoms with Gasteiger partial charge >= 0.3 is 6.03 Å². The summed E-state index contributed by atoms with van der Waals surface area (Å²) < 4.78 is 0. The molecule has 2 amide bonds. The van der Waals surface area contributed by atoms with E-state index in [1.165, 1.54) is 5.56 Å². The van der Waals surface area contributed by atoms with E-state index in [9.17, 15) is 4.79 Å². The highest BCUT2D eigenvalue weighted by Gasteiger charge is 2.34. The van der Waals surface area contributed by atoms with Crippen LogP contribution in [-0.4, -0.2) is 54.6 Å². The summed E-state index contributed by atoms with van der Waals surface area (Å²) >= 11 is 0. The minimum Gasteiger partial charge on any atom is -0.322 e. The first-order valence-corrected chi connectivity index (χ1v) is 7.59. The van der Waals surface area contributed by atoms with Gasteiger partial charge in [-0.15, -0.1) is 0 Å².